The zero-order chi connectivity index (χ0) is 13.7. The fraction of sp³-hybridized carbons (Fsp3) is 0.231. The third-order valence-corrected chi connectivity index (χ3v) is 4.18. The lowest BCUT2D eigenvalue weighted by Gasteiger charge is -2.11. The summed E-state index contributed by atoms with van der Waals surface area (Å²) in [5.41, 5.74) is 0.586. The lowest BCUT2D eigenvalue weighted by Crippen LogP contribution is -2.20. The molecule has 0 aliphatic carbocycles. The smallest absolute Gasteiger partial charge is 0.242 e. The average Bonchev–Trinajstić information content (AvgIpc) is 2.92. The van der Waals surface area contributed by atoms with Gasteiger partial charge in [0.05, 0.1) is 12.0 Å². The average molecular weight is 280 g/mol. The number of rotatable bonds is 6. The van der Waals surface area contributed by atoms with Crippen molar-refractivity contribution < 1.29 is 12.8 Å². The maximum Gasteiger partial charge on any atom is 0.242 e. The largest absolute Gasteiger partial charge is 0.469 e. The molecule has 0 bridgehead atoms. The summed E-state index contributed by atoms with van der Waals surface area (Å²) >= 11 is 0. The van der Waals surface area contributed by atoms with Crippen molar-refractivity contribution in [2.75, 3.05) is 18.9 Å². The Bertz CT molecular complexity index is 621. The van der Waals surface area contributed by atoms with Gasteiger partial charge in [0.2, 0.25) is 10.0 Å². The standard InChI is InChI=1S/C13H16N2O3S/c1-14-19(16,17)13-7-3-2-6-12(13)15-9-8-11-5-4-10-18-11/h2-7,10,14-15H,8-9H2,1H3. The Morgan fingerprint density at radius 3 is 2.63 bits per heavy atom. The van der Waals surface area contributed by atoms with Crippen molar-refractivity contribution in [3.8, 4) is 0 Å². The molecule has 5 nitrogen and oxygen atoms in total. The Hall–Kier alpha value is -1.79. The van der Waals surface area contributed by atoms with Crippen molar-refractivity contribution in [2.24, 2.45) is 0 Å². The summed E-state index contributed by atoms with van der Waals surface area (Å²) < 4.78 is 31.2. The SMILES string of the molecule is CNS(=O)(=O)c1ccccc1NCCc1ccco1. The zero-order valence-electron chi connectivity index (χ0n) is 10.6. The number of benzene rings is 1. The lowest BCUT2D eigenvalue weighted by atomic mass is 10.3. The highest BCUT2D eigenvalue weighted by molar-refractivity contribution is 7.89. The van der Waals surface area contributed by atoms with Gasteiger partial charge < -0.3 is 9.73 Å². The summed E-state index contributed by atoms with van der Waals surface area (Å²) in [4.78, 5) is 0.247. The van der Waals surface area contributed by atoms with Crippen LogP contribution in [0.4, 0.5) is 5.69 Å². The highest BCUT2D eigenvalue weighted by Crippen LogP contribution is 2.20. The van der Waals surface area contributed by atoms with E-state index in [2.05, 4.69) is 10.0 Å². The predicted molar refractivity (Wildman–Crippen MR) is 73.6 cm³/mol. The van der Waals surface area contributed by atoms with Crippen molar-refractivity contribution in [2.45, 2.75) is 11.3 Å². The van der Waals surface area contributed by atoms with E-state index in [4.69, 9.17) is 4.42 Å². The molecule has 0 amide bonds. The van der Waals surface area contributed by atoms with Crippen LogP contribution in [0.5, 0.6) is 0 Å². The Kier molecular flexibility index (Phi) is 4.24. The van der Waals surface area contributed by atoms with E-state index in [0.717, 1.165) is 5.76 Å². The maximum atomic E-state index is 11.8. The van der Waals surface area contributed by atoms with Gasteiger partial charge in [0, 0.05) is 13.0 Å². The molecule has 0 spiro atoms. The van der Waals surface area contributed by atoms with E-state index < -0.39 is 10.0 Å². The van der Waals surface area contributed by atoms with Crippen LogP contribution in [0.1, 0.15) is 5.76 Å². The molecular weight excluding hydrogens is 264 g/mol. The molecule has 0 radical (unpaired) electrons. The van der Waals surface area contributed by atoms with Crippen LogP contribution in [-0.4, -0.2) is 22.0 Å². The van der Waals surface area contributed by atoms with Crippen LogP contribution >= 0.6 is 0 Å². The first-order valence-corrected chi connectivity index (χ1v) is 7.40. The molecule has 102 valence electrons. The van der Waals surface area contributed by atoms with Gasteiger partial charge in [-0.1, -0.05) is 12.1 Å². The number of hydrogen-bond donors (Lipinski definition) is 2. The number of furan rings is 1. The minimum atomic E-state index is -3.45. The van der Waals surface area contributed by atoms with Gasteiger partial charge in [-0.05, 0) is 31.3 Å². The lowest BCUT2D eigenvalue weighted by molar-refractivity contribution is 0.513. The van der Waals surface area contributed by atoms with Crippen molar-refractivity contribution >= 4 is 15.7 Å². The van der Waals surface area contributed by atoms with E-state index in [0.29, 0.717) is 18.7 Å². The van der Waals surface area contributed by atoms with Gasteiger partial charge in [-0.2, -0.15) is 0 Å². The fourth-order valence-electron chi connectivity index (χ4n) is 1.73. The van der Waals surface area contributed by atoms with Gasteiger partial charge in [-0.3, -0.25) is 0 Å². The van der Waals surface area contributed by atoms with Gasteiger partial charge in [0.1, 0.15) is 10.7 Å². The number of sulfonamides is 1. The molecule has 0 unspecified atom stereocenters. The minimum absolute atomic E-state index is 0.247. The van der Waals surface area contributed by atoms with E-state index >= 15 is 0 Å². The maximum absolute atomic E-state index is 11.8. The Balaban J connectivity index is 2.08. The molecule has 1 aromatic carbocycles. The van der Waals surface area contributed by atoms with Gasteiger partial charge in [-0.15, -0.1) is 0 Å². The van der Waals surface area contributed by atoms with Crippen LogP contribution in [0.15, 0.2) is 52.0 Å². The number of hydrogen-bond acceptors (Lipinski definition) is 4. The molecule has 2 aromatic rings. The summed E-state index contributed by atoms with van der Waals surface area (Å²) in [5.74, 6) is 0.862. The first kappa shape index (κ1) is 13.6. The van der Waals surface area contributed by atoms with Crippen molar-refractivity contribution in [3.05, 3.63) is 48.4 Å². The van der Waals surface area contributed by atoms with Crippen LogP contribution in [-0.2, 0) is 16.4 Å². The highest BCUT2D eigenvalue weighted by atomic mass is 32.2. The van der Waals surface area contributed by atoms with Crippen LogP contribution in [0.3, 0.4) is 0 Å². The summed E-state index contributed by atoms with van der Waals surface area (Å²) in [5, 5.41) is 3.11. The van der Waals surface area contributed by atoms with E-state index in [1.54, 1.807) is 30.5 Å². The Morgan fingerprint density at radius 2 is 1.95 bits per heavy atom. The van der Waals surface area contributed by atoms with E-state index in [-0.39, 0.29) is 4.90 Å². The van der Waals surface area contributed by atoms with Crippen LogP contribution in [0, 0.1) is 0 Å². The van der Waals surface area contributed by atoms with Crippen molar-refractivity contribution in [3.63, 3.8) is 0 Å². The Morgan fingerprint density at radius 1 is 1.16 bits per heavy atom. The normalized spacial score (nSPS) is 11.4. The van der Waals surface area contributed by atoms with Crippen LogP contribution in [0.25, 0.3) is 0 Å². The number of para-hydroxylation sites is 1. The molecule has 1 aromatic heterocycles. The first-order valence-electron chi connectivity index (χ1n) is 5.92. The second-order valence-electron chi connectivity index (χ2n) is 3.96. The van der Waals surface area contributed by atoms with E-state index in [1.807, 2.05) is 12.1 Å². The Labute approximate surface area is 112 Å². The number of anilines is 1. The summed E-state index contributed by atoms with van der Waals surface area (Å²) in [6.45, 7) is 0.601. The molecule has 0 saturated heterocycles. The molecule has 1 heterocycles. The third-order valence-electron chi connectivity index (χ3n) is 2.71. The fourth-order valence-corrected chi connectivity index (χ4v) is 2.64. The highest BCUT2D eigenvalue weighted by Gasteiger charge is 2.15. The molecule has 0 atom stereocenters. The second-order valence-corrected chi connectivity index (χ2v) is 5.81. The molecule has 0 fully saturated rings. The van der Waals surface area contributed by atoms with Crippen LogP contribution < -0.4 is 10.0 Å². The molecule has 19 heavy (non-hydrogen) atoms. The second kappa shape index (κ2) is 5.90. The molecule has 6 heteroatoms. The number of nitrogens with one attached hydrogen (secondary N) is 2. The third kappa shape index (κ3) is 3.36. The van der Waals surface area contributed by atoms with Crippen molar-refractivity contribution in [1.82, 2.24) is 4.72 Å². The molecular formula is C13H16N2O3S. The monoisotopic (exact) mass is 280 g/mol. The van der Waals surface area contributed by atoms with Gasteiger partial charge in [0.15, 0.2) is 0 Å². The van der Waals surface area contributed by atoms with Gasteiger partial charge in [0.25, 0.3) is 0 Å². The van der Waals surface area contributed by atoms with Gasteiger partial charge >= 0.3 is 0 Å². The quantitative estimate of drug-likeness (QED) is 0.847. The molecule has 0 saturated carbocycles. The predicted octanol–water partition coefficient (Wildman–Crippen LogP) is 1.84. The minimum Gasteiger partial charge on any atom is -0.469 e. The summed E-state index contributed by atoms with van der Waals surface area (Å²) in [7, 11) is -2.05. The van der Waals surface area contributed by atoms with Crippen molar-refractivity contribution in [1.29, 1.82) is 0 Å². The van der Waals surface area contributed by atoms with E-state index in [9.17, 15) is 8.42 Å². The summed E-state index contributed by atoms with van der Waals surface area (Å²) in [6, 6.07) is 10.5. The van der Waals surface area contributed by atoms with E-state index in [1.165, 1.54) is 7.05 Å². The molecule has 2 N–H and O–H groups in total. The van der Waals surface area contributed by atoms with Crippen LogP contribution in [0.2, 0.25) is 0 Å². The first-order chi connectivity index (χ1) is 9.13. The zero-order valence-corrected chi connectivity index (χ0v) is 11.4. The molecule has 2 rings (SSSR count). The topological polar surface area (TPSA) is 71.3 Å². The molecule has 0 aliphatic rings. The molecule has 0 aliphatic heterocycles. The van der Waals surface area contributed by atoms with Gasteiger partial charge in [-0.25, -0.2) is 13.1 Å². The summed E-state index contributed by atoms with van der Waals surface area (Å²) in [6.07, 6.45) is 2.32.